The average molecular weight is 311 g/mol. The summed E-state index contributed by atoms with van der Waals surface area (Å²) in [5.74, 6) is 1.66. The van der Waals surface area contributed by atoms with Gasteiger partial charge in [-0.15, -0.1) is 0 Å². The van der Waals surface area contributed by atoms with Crippen LogP contribution in [0.4, 0.5) is 0 Å². The van der Waals surface area contributed by atoms with Crippen LogP contribution in [0.15, 0.2) is 24.3 Å². The Hall–Kier alpha value is -0.473. The number of ether oxygens (including phenoxy) is 1. The number of rotatable bonds is 6. The molecule has 0 aliphatic carbocycles. The van der Waals surface area contributed by atoms with Gasteiger partial charge in [0.15, 0.2) is 7.38 Å². The molecule has 0 spiro atoms. The highest BCUT2D eigenvalue weighted by Crippen LogP contribution is 2.43. The van der Waals surface area contributed by atoms with Crippen LogP contribution < -0.4 is 4.74 Å². The predicted molar refractivity (Wildman–Crippen MR) is 90.5 cm³/mol. The van der Waals surface area contributed by atoms with Gasteiger partial charge in [0.2, 0.25) is 0 Å². The van der Waals surface area contributed by atoms with E-state index in [9.17, 15) is 0 Å². The Morgan fingerprint density at radius 2 is 1.80 bits per heavy atom. The third-order valence-corrected chi connectivity index (χ3v) is 10.0. The molecule has 1 aromatic carbocycles. The van der Waals surface area contributed by atoms with Crippen LogP contribution in [0.3, 0.4) is 0 Å². The normalized spacial score (nSPS) is 26.4. The van der Waals surface area contributed by atoms with E-state index in [1.165, 1.54) is 55.8 Å². The minimum atomic E-state index is -1.42. The molecular formula is C17H27ClOSi. The molecule has 0 radical (unpaired) electrons. The number of unbranched alkanes of at least 4 members (excludes halogenated alkanes) is 2. The van der Waals surface area contributed by atoms with Gasteiger partial charge in [-0.05, 0) is 54.6 Å². The minimum Gasteiger partial charge on any atom is -0.497 e. The monoisotopic (exact) mass is 310 g/mol. The minimum absolute atomic E-state index is 0.714. The van der Waals surface area contributed by atoms with Gasteiger partial charge in [0.05, 0.1) is 7.11 Å². The van der Waals surface area contributed by atoms with E-state index in [0.717, 1.165) is 5.75 Å². The summed E-state index contributed by atoms with van der Waals surface area (Å²) in [7, 11) is 0.303. The molecule has 112 valence electrons. The molecule has 1 aliphatic heterocycles. The largest absolute Gasteiger partial charge is 0.497 e. The van der Waals surface area contributed by atoms with Crippen molar-refractivity contribution in [3.05, 3.63) is 29.8 Å². The molecule has 0 atom stereocenters. The van der Waals surface area contributed by atoms with Crippen molar-refractivity contribution in [3.63, 3.8) is 0 Å². The molecule has 1 saturated heterocycles. The quantitative estimate of drug-likeness (QED) is 0.358. The molecule has 20 heavy (non-hydrogen) atoms. The first-order valence-corrected chi connectivity index (χ1v) is 11.6. The molecule has 1 aromatic rings. The zero-order valence-electron chi connectivity index (χ0n) is 12.8. The summed E-state index contributed by atoms with van der Waals surface area (Å²) in [5, 5.41) is 0. The predicted octanol–water partition coefficient (Wildman–Crippen LogP) is 5.95. The van der Waals surface area contributed by atoms with Crippen molar-refractivity contribution in [1.82, 2.24) is 0 Å². The van der Waals surface area contributed by atoms with E-state index < -0.39 is 7.38 Å². The van der Waals surface area contributed by atoms with Gasteiger partial charge in [0.25, 0.3) is 0 Å². The first kappa shape index (κ1) is 15.9. The van der Waals surface area contributed by atoms with Crippen molar-refractivity contribution in [2.24, 2.45) is 0 Å². The summed E-state index contributed by atoms with van der Waals surface area (Å²) in [6.07, 6.45) is 6.57. The highest BCUT2D eigenvalue weighted by molar-refractivity contribution is 7.20. The molecular weight excluding hydrogens is 284 g/mol. The first-order valence-electron chi connectivity index (χ1n) is 8.00. The number of methoxy groups -OCH3 is 1. The van der Waals surface area contributed by atoms with Gasteiger partial charge in [-0.25, -0.2) is 0 Å². The fourth-order valence-electron chi connectivity index (χ4n) is 3.29. The van der Waals surface area contributed by atoms with Gasteiger partial charge in [0, 0.05) is 0 Å². The van der Waals surface area contributed by atoms with Crippen molar-refractivity contribution >= 4 is 18.5 Å². The highest BCUT2D eigenvalue weighted by Gasteiger charge is 2.35. The number of hydrogen-bond acceptors (Lipinski definition) is 1. The molecule has 3 heteroatoms. The van der Waals surface area contributed by atoms with Crippen LogP contribution in [0.5, 0.6) is 5.75 Å². The van der Waals surface area contributed by atoms with Crippen molar-refractivity contribution in [1.29, 1.82) is 0 Å². The molecule has 2 rings (SSSR count). The SMILES string of the molecule is CCCCC[Si]1(Cl)CCC(c2ccc(OC)cc2)CC1. The summed E-state index contributed by atoms with van der Waals surface area (Å²) < 4.78 is 5.23. The van der Waals surface area contributed by atoms with Crippen LogP contribution in [-0.4, -0.2) is 14.5 Å². The lowest BCUT2D eigenvalue weighted by Crippen LogP contribution is -2.31. The van der Waals surface area contributed by atoms with Gasteiger partial charge < -0.3 is 4.74 Å². The van der Waals surface area contributed by atoms with Gasteiger partial charge in [-0.1, -0.05) is 38.3 Å². The van der Waals surface area contributed by atoms with E-state index in [-0.39, 0.29) is 0 Å². The number of halogens is 1. The van der Waals surface area contributed by atoms with Crippen LogP contribution in [0.2, 0.25) is 18.1 Å². The third kappa shape index (κ3) is 4.26. The second-order valence-corrected chi connectivity index (χ2v) is 12.4. The Labute approximate surface area is 129 Å². The van der Waals surface area contributed by atoms with Gasteiger partial charge in [-0.2, -0.15) is 11.1 Å². The van der Waals surface area contributed by atoms with Crippen LogP contribution in [0.1, 0.15) is 50.5 Å². The second kappa shape index (κ2) is 7.51. The van der Waals surface area contributed by atoms with E-state index in [2.05, 4.69) is 31.2 Å². The van der Waals surface area contributed by atoms with Gasteiger partial charge in [0.1, 0.15) is 5.75 Å². The molecule has 1 nitrogen and oxygen atoms in total. The fraction of sp³-hybridized carbons (Fsp3) is 0.647. The molecule has 1 heterocycles. The Kier molecular flexibility index (Phi) is 5.97. The third-order valence-electron chi connectivity index (χ3n) is 4.70. The summed E-state index contributed by atoms with van der Waals surface area (Å²) in [6.45, 7) is 2.27. The van der Waals surface area contributed by atoms with E-state index in [1.54, 1.807) is 7.11 Å². The van der Waals surface area contributed by atoms with E-state index in [1.807, 2.05) is 0 Å². The lowest BCUT2D eigenvalue weighted by atomic mass is 9.93. The van der Waals surface area contributed by atoms with Gasteiger partial charge in [-0.3, -0.25) is 0 Å². The topological polar surface area (TPSA) is 9.23 Å². The lowest BCUT2D eigenvalue weighted by molar-refractivity contribution is 0.414. The van der Waals surface area contributed by atoms with Crippen molar-refractivity contribution in [3.8, 4) is 5.75 Å². The standard InChI is InChI=1S/C17H27ClOSi/c1-3-4-5-12-20(18)13-10-16(11-14-20)15-6-8-17(19-2)9-7-15/h6-9,16H,3-5,10-14H2,1-2H3. The van der Waals surface area contributed by atoms with E-state index >= 15 is 0 Å². The van der Waals surface area contributed by atoms with Crippen LogP contribution in [-0.2, 0) is 0 Å². The van der Waals surface area contributed by atoms with Crippen molar-refractivity contribution < 1.29 is 4.74 Å². The van der Waals surface area contributed by atoms with Crippen molar-refractivity contribution in [2.75, 3.05) is 7.11 Å². The molecule has 1 aliphatic rings. The van der Waals surface area contributed by atoms with Gasteiger partial charge >= 0.3 is 0 Å². The molecule has 0 aromatic heterocycles. The Balaban J connectivity index is 1.86. The van der Waals surface area contributed by atoms with Crippen LogP contribution >= 0.6 is 11.1 Å². The summed E-state index contributed by atoms with van der Waals surface area (Å²) in [4.78, 5) is 0. The Bertz CT molecular complexity index is 396. The molecule has 0 amide bonds. The molecule has 0 bridgehead atoms. The first-order chi connectivity index (χ1) is 9.67. The van der Waals surface area contributed by atoms with Crippen LogP contribution in [0, 0.1) is 0 Å². The van der Waals surface area contributed by atoms with Crippen molar-refractivity contribution in [2.45, 2.75) is 63.1 Å². The lowest BCUT2D eigenvalue weighted by Gasteiger charge is -2.33. The Morgan fingerprint density at radius 3 is 2.35 bits per heavy atom. The summed E-state index contributed by atoms with van der Waals surface area (Å²) in [6, 6.07) is 12.5. The molecule has 0 N–H and O–H groups in total. The number of benzene rings is 1. The average Bonchev–Trinajstić information content (AvgIpc) is 2.48. The maximum atomic E-state index is 6.93. The molecule has 0 saturated carbocycles. The van der Waals surface area contributed by atoms with E-state index in [0.29, 0.717) is 5.92 Å². The summed E-state index contributed by atoms with van der Waals surface area (Å²) in [5.41, 5.74) is 1.46. The Morgan fingerprint density at radius 1 is 1.15 bits per heavy atom. The maximum Gasteiger partial charge on any atom is 0.156 e. The number of hydrogen-bond donors (Lipinski definition) is 0. The smallest absolute Gasteiger partial charge is 0.156 e. The van der Waals surface area contributed by atoms with E-state index in [4.69, 9.17) is 15.8 Å². The zero-order chi connectivity index (χ0) is 14.4. The fourth-order valence-corrected chi connectivity index (χ4v) is 7.71. The molecule has 0 unspecified atom stereocenters. The molecule has 1 fully saturated rings. The second-order valence-electron chi connectivity index (χ2n) is 6.16. The highest BCUT2D eigenvalue weighted by atomic mass is 35.6. The zero-order valence-corrected chi connectivity index (χ0v) is 14.6. The maximum absolute atomic E-state index is 6.93. The van der Waals surface area contributed by atoms with Crippen LogP contribution in [0.25, 0.3) is 0 Å². The summed E-state index contributed by atoms with van der Waals surface area (Å²) >= 11 is 6.93.